The molecule has 8 nitrogen and oxygen atoms in total. The molecule has 3 N–H and O–H groups in total. The minimum atomic E-state index is 0.651. The molecule has 0 saturated carbocycles. The van der Waals surface area contributed by atoms with Crippen LogP contribution in [0, 0.1) is 0 Å². The lowest BCUT2D eigenvalue weighted by atomic mass is 10.3. The van der Waals surface area contributed by atoms with Crippen molar-refractivity contribution in [1.82, 2.24) is 20.2 Å². The minimum absolute atomic E-state index is 0.651. The largest absolute Gasteiger partial charge is 0.369 e. The number of anilines is 4. The second kappa shape index (κ2) is 12.0. The molecule has 9 heteroatoms. The van der Waals surface area contributed by atoms with E-state index in [4.69, 9.17) is 22.2 Å². The molecule has 0 aliphatic carbocycles. The Kier molecular flexibility index (Phi) is 8.54. The highest BCUT2D eigenvalue weighted by molar-refractivity contribution is 7.80. The van der Waals surface area contributed by atoms with Crippen molar-refractivity contribution in [2.24, 2.45) is 0 Å². The van der Waals surface area contributed by atoms with Crippen molar-refractivity contribution >= 4 is 40.6 Å². The minimum Gasteiger partial charge on any atom is -0.369 e. The Balaban J connectivity index is 1.22. The van der Waals surface area contributed by atoms with Crippen LogP contribution >= 0.6 is 12.2 Å². The Hall–Kier alpha value is -2.65. The summed E-state index contributed by atoms with van der Waals surface area (Å²) in [5.74, 6) is 2.86. The molecule has 4 rings (SSSR count). The number of hydrogen-bond donors (Lipinski definition) is 3. The van der Waals surface area contributed by atoms with Gasteiger partial charge in [0.05, 0.1) is 0 Å². The number of benzene rings is 1. The molecule has 0 bridgehead atoms. The Morgan fingerprint density at radius 1 is 0.939 bits per heavy atom. The average molecular weight is 469 g/mol. The first-order valence-electron chi connectivity index (χ1n) is 12.1. The summed E-state index contributed by atoms with van der Waals surface area (Å²) in [5.41, 5.74) is 0.999. The van der Waals surface area contributed by atoms with Crippen molar-refractivity contribution in [2.75, 3.05) is 79.8 Å². The SMILES string of the molecule is CN(CCNC(=S)Nc1ccccc1)CCNc1cc(N2CCCC2)nc(N2CCCC2)n1. The molecule has 33 heavy (non-hydrogen) atoms. The van der Waals surface area contributed by atoms with E-state index < -0.39 is 0 Å². The fourth-order valence-corrected chi connectivity index (χ4v) is 4.44. The number of hydrogen-bond acceptors (Lipinski definition) is 7. The van der Waals surface area contributed by atoms with Crippen LogP contribution in [-0.2, 0) is 0 Å². The number of thiocarbonyl (C=S) groups is 1. The fraction of sp³-hybridized carbons (Fsp3) is 0.542. The molecule has 3 heterocycles. The molecular formula is C24H36N8S. The zero-order valence-electron chi connectivity index (χ0n) is 19.6. The van der Waals surface area contributed by atoms with Crippen molar-refractivity contribution < 1.29 is 0 Å². The standard InChI is InChI=1S/C24H36N8S/c1-30(18-12-26-24(33)27-20-9-3-2-4-10-20)17-11-25-21-19-22(31-13-5-6-14-31)29-23(28-21)32-15-7-8-16-32/h2-4,9-10,19H,5-8,11-18H2,1H3,(H,25,28,29)(H2,26,27,33). The second-order valence-electron chi connectivity index (χ2n) is 8.78. The molecule has 0 spiro atoms. The zero-order chi connectivity index (χ0) is 22.9. The van der Waals surface area contributed by atoms with E-state index in [2.05, 4.69) is 43.8 Å². The molecule has 1 aromatic heterocycles. The number of para-hydroxylation sites is 1. The van der Waals surface area contributed by atoms with E-state index in [1.54, 1.807) is 0 Å². The van der Waals surface area contributed by atoms with Crippen molar-refractivity contribution in [3.8, 4) is 0 Å². The molecule has 2 fully saturated rings. The van der Waals surface area contributed by atoms with Crippen LogP contribution in [0.25, 0.3) is 0 Å². The third-order valence-electron chi connectivity index (χ3n) is 6.13. The highest BCUT2D eigenvalue weighted by atomic mass is 32.1. The van der Waals surface area contributed by atoms with E-state index in [9.17, 15) is 0 Å². The van der Waals surface area contributed by atoms with Crippen LogP contribution in [0.4, 0.5) is 23.3 Å². The van der Waals surface area contributed by atoms with Crippen molar-refractivity contribution in [3.05, 3.63) is 36.4 Å². The molecule has 178 valence electrons. The summed E-state index contributed by atoms with van der Waals surface area (Å²) in [6, 6.07) is 12.1. The monoisotopic (exact) mass is 468 g/mol. The predicted molar refractivity (Wildman–Crippen MR) is 142 cm³/mol. The van der Waals surface area contributed by atoms with Crippen molar-refractivity contribution in [3.63, 3.8) is 0 Å². The van der Waals surface area contributed by atoms with Gasteiger partial charge < -0.3 is 30.7 Å². The van der Waals surface area contributed by atoms with Gasteiger partial charge in [0.15, 0.2) is 5.11 Å². The van der Waals surface area contributed by atoms with Crippen molar-refractivity contribution in [2.45, 2.75) is 25.7 Å². The molecule has 2 aliphatic rings. The van der Waals surface area contributed by atoms with Gasteiger partial charge in [0.25, 0.3) is 0 Å². The second-order valence-corrected chi connectivity index (χ2v) is 9.18. The Labute approximate surface area is 202 Å². The first-order chi connectivity index (χ1) is 16.2. The Bertz CT molecular complexity index is 847. The summed E-state index contributed by atoms with van der Waals surface area (Å²) in [6.07, 6.45) is 4.94. The maximum Gasteiger partial charge on any atom is 0.229 e. The number of nitrogens with one attached hydrogen (secondary N) is 3. The van der Waals surface area contributed by atoms with Gasteiger partial charge in [-0.15, -0.1) is 0 Å². The van der Waals surface area contributed by atoms with Gasteiger partial charge in [0.2, 0.25) is 5.95 Å². The molecule has 0 unspecified atom stereocenters. The van der Waals surface area contributed by atoms with Crippen molar-refractivity contribution in [1.29, 1.82) is 0 Å². The molecule has 0 amide bonds. The van der Waals surface area contributed by atoms with Gasteiger partial charge in [0.1, 0.15) is 11.6 Å². The summed E-state index contributed by atoms with van der Waals surface area (Å²) < 4.78 is 0. The van der Waals surface area contributed by atoms with E-state index in [0.717, 1.165) is 75.6 Å². The Morgan fingerprint density at radius 2 is 1.61 bits per heavy atom. The van der Waals surface area contributed by atoms with Crippen LogP contribution in [0.3, 0.4) is 0 Å². The molecule has 2 aliphatic heterocycles. The normalized spacial score (nSPS) is 15.8. The lowest BCUT2D eigenvalue weighted by molar-refractivity contribution is 0.352. The van der Waals surface area contributed by atoms with Crippen LogP contribution in [0.2, 0.25) is 0 Å². The van der Waals surface area contributed by atoms with Gasteiger partial charge in [-0.1, -0.05) is 18.2 Å². The van der Waals surface area contributed by atoms with Gasteiger partial charge in [0, 0.05) is 64.1 Å². The fourth-order valence-electron chi connectivity index (χ4n) is 4.22. The zero-order valence-corrected chi connectivity index (χ0v) is 20.4. The highest BCUT2D eigenvalue weighted by Crippen LogP contribution is 2.25. The lowest BCUT2D eigenvalue weighted by Crippen LogP contribution is -2.36. The van der Waals surface area contributed by atoms with Crippen LogP contribution in [0.15, 0.2) is 36.4 Å². The van der Waals surface area contributed by atoms with Crippen LogP contribution in [-0.4, -0.2) is 79.4 Å². The molecule has 0 radical (unpaired) electrons. The van der Waals surface area contributed by atoms with Crippen LogP contribution in [0.1, 0.15) is 25.7 Å². The maximum atomic E-state index is 5.38. The van der Waals surface area contributed by atoms with Crippen LogP contribution < -0.4 is 25.8 Å². The summed E-state index contributed by atoms with van der Waals surface area (Å²) in [5, 5.41) is 10.7. The van der Waals surface area contributed by atoms with E-state index >= 15 is 0 Å². The summed E-state index contributed by atoms with van der Waals surface area (Å²) in [7, 11) is 2.13. The number of aromatic nitrogens is 2. The number of likely N-dealkylation sites (N-methyl/N-ethyl adjacent to an activating group) is 1. The van der Waals surface area contributed by atoms with Crippen LogP contribution in [0.5, 0.6) is 0 Å². The van der Waals surface area contributed by atoms with E-state index in [0.29, 0.717) is 5.11 Å². The smallest absolute Gasteiger partial charge is 0.229 e. The molecule has 2 aromatic rings. The summed E-state index contributed by atoms with van der Waals surface area (Å²) >= 11 is 5.38. The number of rotatable bonds is 10. The van der Waals surface area contributed by atoms with Gasteiger partial charge >= 0.3 is 0 Å². The lowest BCUT2D eigenvalue weighted by Gasteiger charge is -2.22. The summed E-state index contributed by atoms with van der Waals surface area (Å²) in [4.78, 5) is 16.7. The topological polar surface area (TPSA) is 71.6 Å². The van der Waals surface area contributed by atoms with Gasteiger partial charge in [-0.2, -0.15) is 9.97 Å². The van der Waals surface area contributed by atoms with E-state index in [1.165, 1.54) is 25.7 Å². The average Bonchev–Trinajstić information content (AvgIpc) is 3.54. The Morgan fingerprint density at radius 3 is 2.33 bits per heavy atom. The first-order valence-corrected chi connectivity index (χ1v) is 12.5. The highest BCUT2D eigenvalue weighted by Gasteiger charge is 2.20. The third-order valence-corrected chi connectivity index (χ3v) is 6.38. The molecular weight excluding hydrogens is 432 g/mol. The quantitative estimate of drug-likeness (QED) is 0.456. The maximum absolute atomic E-state index is 5.38. The van der Waals surface area contributed by atoms with E-state index in [-0.39, 0.29) is 0 Å². The molecule has 0 atom stereocenters. The third kappa shape index (κ3) is 7.17. The number of nitrogens with zero attached hydrogens (tertiary/aromatic N) is 5. The van der Waals surface area contributed by atoms with Gasteiger partial charge in [-0.25, -0.2) is 0 Å². The van der Waals surface area contributed by atoms with Gasteiger partial charge in [-0.3, -0.25) is 0 Å². The predicted octanol–water partition coefficient (Wildman–Crippen LogP) is 3.01. The molecule has 1 aromatic carbocycles. The van der Waals surface area contributed by atoms with E-state index in [1.807, 2.05) is 30.3 Å². The molecule has 2 saturated heterocycles. The first kappa shape index (κ1) is 23.5. The van der Waals surface area contributed by atoms with Gasteiger partial charge in [-0.05, 0) is 57.1 Å². The summed E-state index contributed by atoms with van der Waals surface area (Å²) in [6.45, 7) is 7.74.